The predicted molar refractivity (Wildman–Crippen MR) is 224 cm³/mol. The molecule has 5 fully saturated rings. The molecular weight excluding hydrogens is 812 g/mol. The first kappa shape index (κ1) is 42.3. The highest BCUT2D eigenvalue weighted by Crippen LogP contribution is 2.52. The van der Waals surface area contributed by atoms with Crippen LogP contribution in [0, 0.1) is 11.3 Å². The highest BCUT2D eigenvalue weighted by atomic mass is 32.1. The van der Waals surface area contributed by atoms with Crippen LogP contribution in [-0.2, 0) is 25.4 Å². The molecule has 1 aromatic heterocycles. The zero-order chi connectivity index (χ0) is 43.2. The van der Waals surface area contributed by atoms with Gasteiger partial charge in [-0.15, -0.1) is 12.6 Å². The van der Waals surface area contributed by atoms with Crippen molar-refractivity contribution in [3.8, 4) is 11.9 Å². The Balaban J connectivity index is 0.876. The number of alkyl halides is 3. The number of piperidine rings is 1. The Morgan fingerprint density at radius 2 is 1.77 bits per heavy atom. The van der Waals surface area contributed by atoms with Crippen LogP contribution in [0.5, 0.6) is 5.88 Å². The molecule has 5 aliphatic rings. The standard InChI is InChI=1S/C43H48F3N9O5S/c1-25-22-52(23-26(2)53(25)24-37(57)50-30-6-3-5-29(17-30)49-35-11-12-36(56)51-38(35)58)15-16-60-39-33(27-7-8-27)18-32(21-48-39)55-41(61)54(40(59)42(55)13-4-14-42)31-10-9-28(20-47)34(19-31)43(44,45)46/h3,5-6,9-10,17-19,21,25-27,35,41,49,61H,4,7-8,11-16,22-24H2,1-2H3,(H,50,57)(H,51,56,58)/t25-,26+,35?,41?. The summed E-state index contributed by atoms with van der Waals surface area (Å²) >= 11 is 4.83. The molecular formula is C43H48F3N9O5S. The maximum atomic E-state index is 14.1. The van der Waals surface area contributed by atoms with Gasteiger partial charge >= 0.3 is 6.18 Å². The molecule has 2 unspecified atom stereocenters. The summed E-state index contributed by atoms with van der Waals surface area (Å²) in [5, 5.41) is 17.8. The lowest BCUT2D eigenvalue weighted by Gasteiger charge is -2.44. The first-order valence-electron chi connectivity index (χ1n) is 20.7. The minimum absolute atomic E-state index is 0.0250. The van der Waals surface area contributed by atoms with Gasteiger partial charge in [0.15, 0.2) is 5.50 Å². The number of hydrogen-bond donors (Lipinski definition) is 4. The van der Waals surface area contributed by atoms with Crippen molar-refractivity contribution in [3.63, 3.8) is 0 Å². The SMILES string of the molecule is C[C@@H]1CN(CCOc2ncc(N3C(S)N(c4ccc(C#N)c(C(F)(F)F)c4)C(=O)C34CCC4)cc2C2CC2)C[C@H](C)N1CC(=O)Nc1cccc(NC2CCC(=O)NC2=O)c1. The summed E-state index contributed by atoms with van der Waals surface area (Å²) in [6.45, 7) is 6.86. The number of rotatable bonds is 12. The van der Waals surface area contributed by atoms with E-state index in [4.69, 9.17) is 22.3 Å². The molecule has 3 N–H and O–H groups in total. The minimum Gasteiger partial charge on any atom is -0.476 e. The monoisotopic (exact) mass is 859 g/mol. The third-order valence-electron chi connectivity index (χ3n) is 12.5. The molecule has 4 atom stereocenters. The quantitative estimate of drug-likeness (QED) is 0.135. The third kappa shape index (κ3) is 8.60. The van der Waals surface area contributed by atoms with E-state index in [1.807, 2.05) is 11.0 Å². The van der Waals surface area contributed by atoms with Crippen molar-refractivity contribution in [2.75, 3.05) is 53.2 Å². The Bertz CT molecular complexity index is 2250. The number of aromatic nitrogens is 1. The van der Waals surface area contributed by atoms with Gasteiger partial charge in [-0.3, -0.25) is 39.2 Å². The van der Waals surface area contributed by atoms with E-state index < -0.39 is 34.4 Å². The lowest BCUT2D eigenvalue weighted by Crippen LogP contribution is -2.58. The topological polar surface area (TPSA) is 163 Å². The van der Waals surface area contributed by atoms with Gasteiger partial charge in [-0.2, -0.15) is 18.4 Å². The van der Waals surface area contributed by atoms with Gasteiger partial charge in [0.05, 0.1) is 35.6 Å². The molecule has 61 heavy (non-hydrogen) atoms. The van der Waals surface area contributed by atoms with Gasteiger partial charge < -0.3 is 20.3 Å². The average molecular weight is 860 g/mol. The Kier molecular flexibility index (Phi) is 11.7. The summed E-state index contributed by atoms with van der Waals surface area (Å²) in [6.07, 6.45) is 1.28. The number of carbonyl (C=O) groups excluding carboxylic acids is 4. The molecule has 3 aliphatic heterocycles. The van der Waals surface area contributed by atoms with Gasteiger partial charge in [0.2, 0.25) is 23.6 Å². The summed E-state index contributed by atoms with van der Waals surface area (Å²) in [5.41, 5.74) is -0.635. The summed E-state index contributed by atoms with van der Waals surface area (Å²) in [6, 6.07) is 13.7. The van der Waals surface area contributed by atoms with Crippen LogP contribution in [0.2, 0.25) is 0 Å². The predicted octanol–water partition coefficient (Wildman–Crippen LogP) is 5.47. The van der Waals surface area contributed by atoms with Crippen LogP contribution in [0.1, 0.15) is 81.4 Å². The van der Waals surface area contributed by atoms with Crippen LogP contribution < -0.4 is 30.5 Å². The van der Waals surface area contributed by atoms with Crippen LogP contribution in [0.25, 0.3) is 0 Å². The number of nitriles is 1. The molecule has 18 heteroatoms. The Labute approximate surface area is 357 Å². The van der Waals surface area contributed by atoms with Crippen LogP contribution >= 0.6 is 12.6 Å². The van der Waals surface area contributed by atoms with Crippen LogP contribution in [-0.4, -0.2) is 100 Å². The van der Waals surface area contributed by atoms with Gasteiger partial charge in [0.25, 0.3) is 5.91 Å². The third-order valence-corrected chi connectivity index (χ3v) is 12.9. The summed E-state index contributed by atoms with van der Waals surface area (Å²) in [4.78, 5) is 63.4. The normalized spacial score (nSPS) is 24.3. The van der Waals surface area contributed by atoms with Crippen molar-refractivity contribution in [3.05, 3.63) is 71.4 Å². The number of nitrogens with zero attached hydrogens (tertiary/aromatic N) is 6. The zero-order valence-corrected chi connectivity index (χ0v) is 34.8. The van der Waals surface area contributed by atoms with Crippen LogP contribution in [0.4, 0.5) is 35.9 Å². The maximum absolute atomic E-state index is 14.1. The number of pyridine rings is 1. The second-order valence-corrected chi connectivity index (χ2v) is 17.2. The number of carbonyl (C=O) groups is 4. The van der Waals surface area contributed by atoms with E-state index in [9.17, 15) is 37.6 Å². The number of hydrogen-bond acceptors (Lipinski definition) is 12. The van der Waals surface area contributed by atoms with Crippen LogP contribution in [0.15, 0.2) is 54.7 Å². The molecule has 8 rings (SSSR count). The van der Waals surface area contributed by atoms with Crippen molar-refractivity contribution >= 4 is 59.0 Å². The van der Waals surface area contributed by atoms with Crippen LogP contribution in [0.3, 0.4) is 0 Å². The second-order valence-electron chi connectivity index (χ2n) is 16.7. The summed E-state index contributed by atoms with van der Waals surface area (Å²) in [7, 11) is 0. The average Bonchev–Trinajstić information content (AvgIpc) is 4.01. The maximum Gasteiger partial charge on any atom is 0.417 e. The molecule has 0 bridgehead atoms. The highest BCUT2D eigenvalue weighted by Gasteiger charge is 2.60. The molecule has 14 nitrogen and oxygen atoms in total. The van der Waals surface area contributed by atoms with Gasteiger partial charge in [-0.05, 0) is 101 Å². The Morgan fingerprint density at radius 3 is 2.43 bits per heavy atom. The van der Waals surface area contributed by atoms with Crippen molar-refractivity contribution in [2.24, 2.45) is 0 Å². The molecule has 4 heterocycles. The number of nitrogens with one attached hydrogen (secondary N) is 3. The molecule has 3 aromatic rings. The molecule has 2 aliphatic carbocycles. The number of thiol groups is 1. The van der Waals surface area contributed by atoms with E-state index in [0.29, 0.717) is 55.4 Å². The van der Waals surface area contributed by atoms with E-state index >= 15 is 0 Å². The number of amides is 4. The number of ether oxygens (including phenoxy) is 1. The number of benzene rings is 2. The molecule has 0 radical (unpaired) electrons. The van der Waals surface area contributed by atoms with Crippen molar-refractivity contribution in [1.29, 1.82) is 5.26 Å². The lowest BCUT2D eigenvalue weighted by atomic mass is 9.75. The number of imide groups is 1. The Morgan fingerprint density at radius 1 is 1.03 bits per heavy atom. The molecule has 2 saturated carbocycles. The van der Waals surface area contributed by atoms with Crippen molar-refractivity contribution in [1.82, 2.24) is 20.1 Å². The van der Waals surface area contributed by atoms with E-state index in [1.165, 1.54) is 11.0 Å². The van der Waals surface area contributed by atoms with Crippen molar-refractivity contribution < 1.29 is 37.1 Å². The van der Waals surface area contributed by atoms with E-state index in [0.717, 1.165) is 50.0 Å². The fourth-order valence-corrected chi connectivity index (χ4v) is 9.69. The molecule has 1 spiro atoms. The fourth-order valence-electron chi connectivity index (χ4n) is 9.09. The smallest absolute Gasteiger partial charge is 0.417 e. The van der Waals surface area contributed by atoms with E-state index in [1.54, 1.807) is 36.5 Å². The van der Waals surface area contributed by atoms with Gasteiger partial charge in [-0.1, -0.05) is 6.07 Å². The molecule has 3 saturated heterocycles. The van der Waals surface area contributed by atoms with Gasteiger partial charge in [-0.25, -0.2) is 4.98 Å². The lowest BCUT2D eigenvalue weighted by molar-refractivity contribution is -0.138. The molecule has 322 valence electrons. The van der Waals surface area contributed by atoms with Gasteiger partial charge in [0.1, 0.15) is 18.2 Å². The molecule has 4 amide bonds. The fraction of sp³-hybridized carbons (Fsp3) is 0.488. The minimum atomic E-state index is -4.77. The van der Waals surface area contributed by atoms with Gasteiger partial charge in [0, 0.05) is 60.8 Å². The highest BCUT2D eigenvalue weighted by molar-refractivity contribution is 7.81. The second kappa shape index (κ2) is 16.8. The van der Waals surface area contributed by atoms with Crippen molar-refractivity contribution in [2.45, 2.75) is 100 Å². The van der Waals surface area contributed by atoms with E-state index in [-0.39, 0.29) is 60.3 Å². The largest absolute Gasteiger partial charge is 0.476 e. The van der Waals surface area contributed by atoms with E-state index in [2.05, 4.69) is 39.6 Å². The number of halogens is 3. The first-order valence-corrected chi connectivity index (χ1v) is 21.2. The number of piperazine rings is 1. The summed E-state index contributed by atoms with van der Waals surface area (Å²) in [5.74, 6) is -0.385. The summed E-state index contributed by atoms with van der Waals surface area (Å²) < 4.78 is 48.1. The first-order chi connectivity index (χ1) is 29.1. The molecule has 2 aromatic carbocycles. The number of anilines is 4. The zero-order valence-electron chi connectivity index (χ0n) is 33.9. The Hall–Kier alpha value is -5.38.